The molecule has 1 aliphatic rings. The van der Waals surface area contributed by atoms with E-state index < -0.39 is 10.0 Å². The zero-order chi connectivity index (χ0) is 20.5. The Bertz CT molecular complexity index is 960. The monoisotopic (exact) mass is 400 g/mol. The molecule has 2 aromatic carbocycles. The van der Waals surface area contributed by atoms with Crippen LogP contribution in [0.1, 0.15) is 48.7 Å². The summed E-state index contributed by atoms with van der Waals surface area (Å²) >= 11 is 0. The maximum Gasteiger partial charge on any atom is 0.253 e. The first-order chi connectivity index (χ1) is 13.1. The van der Waals surface area contributed by atoms with Gasteiger partial charge in [-0.1, -0.05) is 51.1 Å². The van der Waals surface area contributed by atoms with E-state index in [1.807, 2.05) is 0 Å². The zero-order valence-corrected chi connectivity index (χ0v) is 17.8. The lowest BCUT2D eigenvalue weighted by atomic mass is 9.87. The van der Waals surface area contributed by atoms with Crippen molar-refractivity contribution in [3.63, 3.8) is 0 Å². The SMILES string of the molecule is CN(Cc1ccc(C(C)(C)C)cc1)C(=O)c1cccc(N2CCCS2(=O)=O)c1. The summed E-state index contributed by atoms with van der Waals surface area (Å²) in [6, 6.07) is 15.2. The van der Waals surface area contributed by atoms with Gasteiger partial charge in [0, 0.05) is 25.7 Å². The largest absolute Gasteiger partial charge is 0.337 e. The van der Waals surface area contributed by atoms with Gasteiger partial charge in [-0.2, -0.15) is 0 Å². The number of carbonyl (C=O) groups excluding carboxylic acids is 1. The molecular weight excluding hydrogens is 372 g/mol. The maximum atomic E-state index is 12.9. The Kier molecular flexibility index (Phi) is 5.53. The van der Waals surface area contributed by atoms with Crippen LogP contribution < -0.4 is 4.31 Å². The zero-order valence-electron chi connectivity index (χ0n) is 17.0. The van der Waals surface area contributed by atoms with Crippen molar-refractivity contribution >= 4 is 21.6 Å². The van der Waals surface area contributed by atoms with Crippen LogP contribution in [0.2, 0.25) is 0 Å². The van der Waals surface area contributed by atoms with Crippen molar-refractivity contribution in [3.8, 4) is 0 Å². The third-order valence-electron chi connectivity index (χ3n) is 5.07. The number of hydrogen-bond acceptors (Lipinski definition) is 3. The van der Waals surface area contributed by atoms with Gasteiger partial charge in [0.25, 0.3) is 5.91 Å². The van der Waals surface area contributed by atoms with Gasteiger partial charge in [0.05, 0.1) is 11.4 Å². The Morgan fingerprint density at radius 2 is 1.79 bits per heavy atom. The van der Waals surface area contributed by atoms with Crippen molar-refractivity contribution in [2.45, 2.75) is 39.2 Å². The molecule has 3 rings (SSSR count). The van der Waals surface area contributed by atoms with Gasteiger partial charge < -0.3 is 4.90 Å². The van der Waals surface area contributed by atoms with Gasteiger partial charge in [-0.3, -0.25) is 9.10 Å². The Balaban J connectivity index is 1.74. The molecule has 1 amide bonds. The first-order valence-corrected chi connectivity index (χ1v) is 11.1. The van der Waals surface area contributed by atoms with E-state index in [1.165, 1.54) is 9.87 Å². The Morgan fingerprint density at radius 3 is 2.36 bits per heavy atom. The van der Waals surface area contributed by atoms with Crippen molar-refractivity contribution in [2.24, 2.45) is 0 Å². The average molecular weight is 401 g/mol. The first kappa shape index (κ1) is 20.4. The fraction of sp³-hybridized carbons (Fsp3) is 0.409. The molecule has 6 heteroatoms. The van der Waals surface area contributed by atoms with Crippen molar-refractivity contribution in [2.75, 3.05) is 23.7 Å². The summed E-state index contributed by atoms with van der Waals surface area (Å²) in [6.45, 7) is 7.48. The fourth-order valence-electron chi connectivity index (χ4n) is 3.40. The predicted molar refractivity (Wildman–Crippen MR) is 113 cm³/mol. The van der Waals surface area contributed by atoms with Gasteiger partial charge >= 0.3 is 0 Å². The first-order valence-electron chi connectivity index (χ1n) is 9.53. The number of benzene rings is 2. The lowest BCUT2D eigenvalue weighted by Gasteiger charge is -2.22. The van der Waals surface area contributed by atoms with Crippen LogP contribution in [-0.2, 0) is 22.0 Å². The quantitative estimate of drug-likeness (QED) is 0.784. The van der Waals surface area contributed by atoms with E-state index in [2.05, 4.69) is 45.0 Å². The smallest absolute Gasteiger partial charge is 0.253 e. The number of anilines is 1. The van der Waals surface area contributed by atoms with Crippen LogP contribution in [0.3, 0.4) is 0 Å². The molecular formula is C22H28N2O3S. The molecule has 0 atom stereocenters. The van der Waals surface area contributed by atoms with Crippen molar-refractivity contribution < 1.29 is 13.2 Å². The highest BCUT2D eigenvalue weighted by molar-refractivity contribution is 7.93. The summed E-state index contributed by atoms with van der Waals surface area (Å²) < 4.78 is 25.7. The normalized spacial score (nSPS) is 16.2. The van der Waals surface area contributed by atoms with E-state index in [-0.39, 0.29) is 17.1 Å². The van der Waals surface area contributed by atoms with Crippen molar-refractivity contribution in [1.29, 1.82) is 0 Å². The highest BCUT2D eigenvalue weighted by Crippen LogP contribution is 2.26. The number of rotatable bonds is 4. The molecule has 0 unspecified atom stereocenters. The molecule has 0 N–H and O–H groups in total. The molecule has 0 spiro atoms. The average Bonchev–Trinajstić information content (AvgIpc) is 3.00. The maximum absolute atomic E-state index is 12.9. The van der Waals surface area contributed by atoms with E-state index in [0.717, 1.165) is 5.56 Å². The highest BCUT2D eigenvalue weighted by atomic mass is 32.2. The molecule has 0 bridgehead atoms. The van der Waals surface area contributed by atoms with Crippen molar-refractivity contribution in [3.05, 3.63) is 65.2 Å². The molecule has 2 aromatic rings. The van der Waals surface area contributed by atoms with Gasteiger partial charge in [-0.15, -0.1) is 0 Å². The summed E-state index contributed by atoms with van der Waals surface area (Å²) in [7, 11) is -1.50. The standard InChI is InChI=1S/C22H28N2O3S/c1-22(2,3)19-11-9-17(10-12-19)16-23(4)21(25)18-7-5-8-20(15-18)24-13-6-14-28(24,26)27/h5,7-12,15H,6,13-14,16H2,1-4H3. The van der Waals surface area contributed by atoms with E-state index in [1.54, 1.807) is 36.2 Å². The van der Waals surface area contributed by atoms with Crippen LogP contribution in [-0.4, -0.2) is 38.6 Å². The van der Waals surface area contributed by atoms with Crippen LogP contribution in [0, 0.1) is 0 Å². The Morgan fingerprint density at radius 1 is 1.11 bits per heavy atom. The highest BCUT2D eigenvalue weighted by Gasteiger charge is 2.29. The predicted octanol–water partition coefficient (Wildman–Crippen LogP) is 3.80. The van der Waals surface area contributed by atoms with Crippen LogP contribution in [0.25, 0.3) is 0 Å². The third kappa shape index (κ3) is 4.38. The molecule has 1 fully saturated rings. The Hall–Kier alpha value is -2.34. The number of hydrogen-bond donors (Lipinski definition) is 0. The third-order valence-corrected chi connectivity index (χ3v) is 6.94. The number of nitrogens with zero attached hydrogens (tertiary/aromatic N) is 2. The molecule has 1 saturated heterocycles. The lowest BCUT2D eigenvalue weighted by Crippen LogP contribution is -2.28. The molecule has 1 heterocycles. The second-order valence-corrected chi connectivity index (χ2v) is 10.4. The molecule has 0 aliphatic carbocycles. The van der Waals surface area contributed by atoms with E-state index >= 15 is 0 Å². The minimum absolute atomic E-state index is 0.0938. The van der Waals surface area contributed by atoms with Crippen molar-refractivity contribution in [1.82, 2.24) is 4.90 Å². The second kappa shape index (κ2) is 7.59. The molecule has 0 aromatic heterocycles. The van der Waals surface area contributed by atoms with Gasteiger partial charge in [0.15, 0.2) is 0 Å². The van der Waals surface area contributed by atoms with Crippen LogP contribution in [0.4, 0.5) is 5.69 Å². The van der Waals surface area contributed by atoms with E-state index in [0.29, 0.717) is 30.8 Å². The Labute approximate surface area is 168 Å². The van der Waals surface area contributed by atoms with Gasteiger partial charge in [-0.25, -0.2) is 8.42 Å². The van der Waals surface area contributed by atoms with Crippen LogP contribution >= 0.6 is 0 Å². The molecule has 5 nitrogen and oxygen atoms in total. The molecule has 0 radical (unpaired) electrons. The number of carbonyl (C=O) groups is 1. The summed E-state index contributed by atoms with van der Waals surface area (Å²) in [6.07, 6.45) is 0.616. The lowest BCUT2D eigenvalue weighted by molar-refractivity contribution is 0.0785. The second-order valence-electron chi connectivity index (χ2n) is 8.40. The van der Waals surface area contributed by atoms with E-state index in [9.17, 15) is 13.2 Å². The van der Waals surface area contributed by atoms with Gasteiger partial charge in [0.2, 0.25) is 10.0 Å². The fourth-order valence-corrected chi connectivity index (χ4v) is 4.96. The number of sulfonamides is 1. The van der Waals surface area contributed by atoms with Crippen LogP contribution in [0.5, 0.6) is 0 Å². The summed E-state index contributed by atoms with van der Waals surface area (Å²) in [5.74, 6) is 0.0358. The molecule has 150 valence electrons. The topological polar surface area (TPSA) is 57.7 Å². The van der Waals surface area contributed by atoms with Crippen LogP contribution in [0.15, 0.2) is 48.5 Å². The summed E-state index contributed by atoms with van der Waals surface area (Å²) in [4.78, 5) is 14.5. The number of amides is 1. The molecule has 28 heavy (non-hydrogen) atoms. The summed E-state index contributed by atoms with van der Waals surface area (Å²) in [5, 5.41) is 0. The van der Waals surface area contributed by atoms with E-state index in [4.69, 9.17) is 0 Å². The molecule has 0 saturated carbocycles. The minimum atomic E-state index is -3.26. The van der Waals surface area contributed by atoms with Gasteiger partial charge in [0.1, 0.15) is 0 Å². The van der Waals surface area contributed by atoms with Gasteiger partial charge in [-0.05, 0) is 41.2 Å². The molecule has 1 aliphatic heterocycles. The summed E-state index contributed by atoms with van der Waals surface area (Å²) in [5.41, 5.74) is 3.46. The minimum Gasteiger partial charge on any atom is -0.337 e.